The van der Waals surface area contributed by atoms with Crippen LogP contribution in [0.3, 0.4) is 0 Å². The molecule has 0 aliphatic carbocycles. The number of hydrogen-bond acceptors (Lipinski definition) is 4. The number of halogens is 2. The molecule has 0 unspecified atom stereocenters. The Balaban J connectivity index is 2.18. The molecule has 3 rings (SSSR count). The van der Waals surface area contributed by atoms with Crippen molar-refractivity contribution >= 4 is 34.1 Å². The van der Waals surface area contributed by atoms with Crippen molar-refractivity contribution in [2.45, 2.75) is 6.92 Å². The molecule has 0 spiro atoms. The monoisotopic (exact) mass is 291 g/mol. The number of fused-ring (bicyclic) bond motifs is 1. The van der Waals surface area contributed by atoms with Crippen LogP contribution in [0.5, 0.6) is 0 Å². The van der Waals surface area contributed by atoms with Crippen LogP contribution in [0.1, 0.15) is 6.92 Å². The molecule has 0 saturated heterocycles. The van der Waals surface area contributed by atoms with Crippen LogP contribution in [0.2, 0.25) is 5.28 Å². The minimum Gasteiger partial charge on any atom is -0.326 e. The largest absolute Gasteiger partial charge is 0.326 e. The van der Waals surface area contributed by atoms with E-state index >= 15 is 0 Å². The molecule has 102 valence electrons. The van der Waals surface area contributed by atoms with Crippen LogP contribution in [-0.2, 0) is 0 Å². The second kappa shape index (κ2) is 5.05. The van der Waals surface area contributed by atoms with Crippen molar-refractivity contribution in [3.05, 3.63) is 41.6 Å². The maximum Gasteiger partial charge on any atom is 0.226 e. The Bertz CT molecular complexity index is 757. The fourth-order valence-corrected chi connectivity index (χ4v) is 2.26. The first-order chi connectivity index (χ1) is 9.69. The lowest BCUT2D eigenvalue weighted by molar-refractivity contribution is 0.627. The van der Waals surface area contributed by atoms with E-state index in [9.17, 15) is 4.39 Å². The summed E-state index contributed by atoms with van der Waals surface area (Å²) in [5.74, 6) is 0.298. The zero-order valence-electron chi connectivity index (χ0n) is 10.6. The maximum atomic E-state index is 13.4. The van der Waals surface area contributed by atoms with E-state index in [0.717, 1.165) is 5.39 Å². The summed E-state index contributed by atoms with van der Waals surface area (Å²) in [6, 6.07) is 6.32. The lowest BCUT2D eigenvalue weighted by Gasteiger charge is -2.22. The highest BCUT2D eigenvalue weighted by molar-refractivity contribution is 6.28. The topological polar surface area (TPSA) is 57.7 Å². The third kappa shape index (κ3) is 2.18. The molecule has 0 fully saturated rings. The van der Waals surface area contributed by atoms with Gasteiger partial charge in [0.25, 0.3) is 0 Å². The van der Waals surface area contributed by atoms with E-state index in [1.165, 1.54) is 12.1 Å². The highest BCUT2D eigenvalue weighted by atomic mass is 35.5. The predicted octanol–water partition coefficient (Wildman–Crippen LogP) is 3.30. The number of nitrogens with zero attached hydrogens (tertiary/aromatic N) is 4. The SMILES string of the molecule is CCN(c1cccc(F)c1)c1nc(Cl)nc2[nH]ncc12. The summed E-state index contributed by atoms with van der Waals surface area (Å²) in [6.45, 7) is 2.56. The molecule has 2 aromatic heterocycles. The van der Waals surface area contributed by atoms with Gasteiger partial charge in [-0.15, -0.1) is 0 Å². The molecule has 7 heteroatoms. The number of aromatic amines is 1. The molecule has 3 aromatic rings. The summed E-state index contributed by atoms with van der Waals surface area (Å²) < 4.78 is 13.4. The molecule has 1 N–H and O–H groups in total. The summed E-state index contributed by atoms with van der Waals surface area (Å²) >= 11 is 5.93. The van der Waals surface area contributed by atoms with Crippen LogP contribution in [0.4, 0.5) is 15.9 Å². The van der Waals surface area contributed by atoms with Crippen LogP contribution in [-0.4, -0.2) is 26.7 Å². The number of nitrogens with one attached hydrogen (secondary N) is 1. The van der Waals surface area contributed by atoms with Crippen LogP contribution < -0.4 is 4.90 Å². The minimum absolute atomic E-state index is 0.117. The van der Waals surface area contributed by atoms with Gasteiger partial charge in [-0.3, -0.25) is 5.10 Å². The van der Waals surface area contributed by atoms with Crippen molar-refractivity contribution < 1.29 is 4.39 Å². The quantitative estimate of drug-likeness (QED) is 0.752. The standard InChI is InChI=1S/C13H11ClFN5/c1-2-20(9-5-3-4-8(15)6-9)12-10-7-16-19-11(10)17-13(14)18-12/h3-7H,2H2,1H3,(H,16,17,18,19). The first kappa shape index (κ1) is 12.8. The van der Waals surface area contributed by atoms with Gasteiger partial charge in [0.15, 0.2) is 5.65 Å². The Hall–Kier alpha value is -2.21. The molecule has 0 amide bonds. The van der Waals surface area contributed by atoms with Crippen molar-refractivity contribution in [3.8, 4) is 0 Å². The summed E-state index contributed by atoms with van der Waals surface area (Å²) in [5.41, 5.74) is 1.25. The molecule has 20 heavy (non-hydrogen) atoms. The first-order valence-electron chi connectivity index (χ1n) is 6.08. The number of anilines is 2. The van der Waals surface area contributed by atoms with Crippen molar-refractivity contribution in [2.24, 2.45) is 0 Å². The second-order valence-corrected chi connectivity index (χ2v) is 4.51. The van der Waals surface area contributed by atoms with Gasteiger partial charge in [0, 0.05) is 12.2 Å². The average molecular weight is 292 g/mol. The zero-order valence-corrected chi connectivity index (χ0v) is 11.4. The van der Waals surface area contributed by atoms with Crippen molar-refractivity contribution in [1.29, 1.82) is 0 Å². The summed E-state index contributed by atoms with van der Waals surface area (Å²) in [5, 5.41) is 7.55. The molecule has 5 nitrogen and oxygen atoms in total. The Morgan fingerprint density at radius 2 is 2.20 bits per heavy atom. The third-order valence-corrected chi connectivity index (χ3v) is 3.12. The van der Waals surface area contributed by atoms with Gasteiger partial charge in [-0.25, -0.2) is 4.39 Å². The highest BCUT2D eigenvalue weighted by Crippen LogP contribution is 2.30. The molecule has 0 atom stereocenters. The molecule has 0 bridgehead atoms. The number of hydrogen-bond donors (Lipinski definition) is 1. The number of benzene rings is 1. The molecular formula is C13H11ClFN5. The van der Waals surface area contributed by atoms with E-state index in [0.29, 0.717) is 23.7 Å². The Labute approximate surface area is 119 Å². The lowest BCUT2D eigenvalue weighted by Crippen LogP contribution is -2.18. The van der Waals surface area contributed by atoms with Gasteiger partial charge >= 0.3 is 0 Å². The van der Waals surface area contributed by atoms with Crippen molar-refractivity contribution in [1.82, 2.24) is 20.2 Å². The Morgan fingerprint density at radius 3 is 2.95 bits per heavy atom. The summed E-state index contributed by atoms with van der Waals surface area (Å²) in [4.78, 5) is 10.2. The van der Waals surface area contributed by atoms with E-state index < -0.39 is 0 Å². The van der Waals surface area contributed by atoms with E-state index in [1.54, 1.807) is 12.3 Å². The minimum atomic E-state index is -0.301. The van der Waals surface area contributed by atoms with Gasteiger partial charge in [0.05, 0.1) is 11.6 Å². The fourth-order valence-electron chi connectivity index (χ4n) is 2.10. The molecule has 2 heterocycles. The zero-order chi connectivity index (χ0) is 14.1. The highest BCUT2D eigenvalue weighted by Gasteiger charge is 2.16. The van der Waals surface area contributed by atoms with Crippen LogP contribution in [0.15, 0.2) is 30.5 Å². The average Bonchev–Trinajstić information content (AvgIpc) is 2.87. The van der Waals surface area contributed by atoms with E-state index in [4.69, 9.17) is 11.6 Å². The lowest BCUT2D eigenvalue weighted by atomic mass is 10.2. The molecule has 0 aliphatic heterocycles. The summed E-state index contributed by atoms with van der Waals surface area (Å²) in [6.07, 6.45) is 1.63. The van der Waals surface area contributed by atoms with Gasteiger partial charge in [-0.2, -0.15) is 15.1 Å². The van der Waals surface area contributed by atoms with E-state index in [1.807, 2.05) is 17.9 Å². The van der Waals surface area contributed by atoms with Crippen molar-refractivity contribution in [3.63, 3.8) is 0 Å². The molecule has 0 saturated carbocycles. The Morgan fingerprint density at radius 1 is 1.35 bits per heavy atom. The predicted molar refractivity (Wildman–Crippen MR) is 75.8 cm³/mol. The number of rotatable bonds is 3. The van der Waals surface area contributed by atoms with Gasteiger partial charge in [0.1, 0.15) is 11.6 Å². The molecule has 1 aromatic carbocycles. The van der Waals surface area contributed by atoms with E-state index in [2.05, 4.69) is 20.2 Å². The van der Waals surface area contributed by atoms with Gasteiger partial charge in [-0.05, 0) is 36.7 Å². The third-order valence-electron chi connectivity index (χ3n) is 2.95. The van der Waals surface area contributed by atoms with Gasteiger partial charge < -0.3 is 4.90 Å². The second-order valence-electron chi connectivity index (χ2n) is 4.17. The first-order valence-corrected chi connectivity index (χ1v) is 6.46. The molecule has 0 radical (unpaired) electrons. The fraction of sp³-hybridized carbons (Fsp3) is 0.154. The van der Waals surface area contributed by atoms with E-state index in [-0.39, 0.29) is 11.1 Å². The normalized spacial score (nSPS) is 10.9. The number of aromatic nitrogens is 4. The smallest absolute Gasteiger partial charge is 0.226 e. The summed E-state index contributed by atoms with van der Waals surface area (Å²) in [7, 11) is 0. The number of H-pyrrole nitrogens is 1. The van der Waals surface area contributed by atoms with Crippen LogP contribution in [0.25, 0.3) is 11.0 Å². The van der Waals surface area contributed by atoms with Crippen LogP contribution >= 0.6 is 11.6 Å². The molecule has 0 aliphatic rings. The van der Waals surface area contributed by atoms with Gasteiger partial charge in [0.2, 0.25) is 5.28 Å². The molecular weight excluding hydrogens is 281 g/mol. The van der Waals surface area contributed by atoms with Crippen molar-refractivity contribution in [2.75, 3.05) is 11.4 Å². The Kier molecular flexibility index (Phi) is 3.23. The van der Waals surface area contributed by atoms with Gasteiger partial charge in [-0.1, -0.05) is 6.07 Å². The maximum absolute atomic E-state index is 13.4. The van der Waals surface area contributed by atoms with Crippen LogP contribution in [0, 0.1) is 5.82 Å².